The van der Waals surface area contributed by atoms with Gasteiger partial charge in [0.25, 0.3) is 0 Å². The van der Waals surface area contributed by atoms with Gasteiger partial charge in [0.05, 0.1) is 11.4 Å². The van der Waals surface area contributed by atoms with Gasteiger partial charge in [0, 0.05) is 37.9 Å². The molecule has 5 heteroatoms. The van der Waals surface area contributed by atoms with Gasteiger partial charge in [0.2, 0.25) is 5.91 Å². The minimum atomic E-state index is -0.216. The van der Waals surface area contributed by atoms with Crippen LogP contribution in [0, 0.1) is 5.92 Å². The standard InChI is InChI=1S/C23H28N4O/c1-17(2)15-27-19-9-5-12-24-21(19)26-13-6-10-20(26)23(27)11-14-25(16-23)22(28)18-7-3-4-8-18/h5-6,9-10,12-13,18H,1,3-4,7-8,11,14-16H2,2H3/t23-/m0/s1. The topological polar surface area (TPSA) is 41.4 Å². The molecule has 146 valence electrons. The summed E-state index contributed by atoms with van der Waals surface area (Å²) in [5.74, 6) is 1.56. The number of hydrogen-bond acceptors (Lipinski definition) is 3. The molecular formula is C23H28N4O. The average molecular weight is 377 g/mol. The van der Waals surface area contributed by atoms with Crippen molar-refractivity contribution in [1.82, 2.24) is 14.5 Å². The SMILES string of the molecule is C=C(C)CN1c2cccnc2-n2cccc2[C@@]12CCN(C(=O)C1CCCC1)C2. The molecule has 4 heterocycles. The van der Waals surface area contributed by atoms with E-state index in [4.69, 9.17) is 0 Å². The van der Waals surface area contributed by atoms with Crippen LogP contribution in [0.1, 0.15) is 44.7 Å². The Morgan fingerprint density at radius 3 is 2.89 bits per heavy atom. The summed E-state index contributed by atoms with van der Waals surface area (Å²) in [7, 11) is 0. The Hall–Kier alpha value is -2.56. The first-order chi connectivity index (χ1) is 13.6. The fourth-order valence-electron chi connectivity index (χ4n) is 5.45. The third kappa shape index (κ3) is 2.52. The number of carbonyl (C=O) groups is 1. The molecule has 2 aromatic heterocycles. The van der Waals surface area contributed by atoms with E-state index in [1.165, 1.54) is 18.5 Å². The van der Waals surface area contributed by atoms with Crippen molar-refractivity contribution in [3.8, 4) is 5.82 Å². The van der Waals surface area contributed by atoms with Gasteiger partial charge in [-0.2, -0.15) is 0 Å². The van der Waals surface area contributed by atoms with Crippen molar-refractivity contribution in [2.75, 3.05) is 24.5 Å². The van der Waals surface area contributed by atoms with Crippen LogP contribution < -0.4 is 4.90 Å². The van der Waals surface area contributed by atoms with E-state index in [2.05, 4.69) is 57.2 Å². The van der Waals surface area contributed by atoms with Crippen LogP contribution in [-0.4, -0.2) is 40.0 Å². The van der Waals surface area contributed by atoms with E-state index in [1.807, 2.05) is 12.3 Å². The Bertz CT molecular complexity index is 926. The molecule has 0 N–H and O–H groups in total. The van der Waals surface area contributed by atoms with E-state index in [0.29, 0.717) is 5.91 Å². The minimum Gasteiger partial charge on any atom is -0.351 e. The maximum absolute atomic E-state index is 13.2. The van der Waals surface area contributed by atoms with E-state index in [1.54, 1.807) is 0 Å². The molecular weight excluding hydrogens is 348 g/mol. The summed E-state index contributed by atoms with van der Waals surface area (Å²) < 4.78 is 2.22. The van der Waals surface area contributed by atoms with E-state index < -0.39 is 0 Å². The third-order valence-corrected chi connectivity index (χ3v) is 6.72. The van der Waals surface area contributed by atoms with Crippen LogP contribution in [0.25, 0.3) is 5.82 Å². The molecule has 1 atom stereocenters. The highest BCUT2D eigenvalue weighted by atomic mass is 16.2. The number of rotatable bonds is 3. The van der Waals surface area contributed by atoms with Crippen LogP contribution in [0.5, 0.6) is 0 Å². The van der Waals surface area contributed by atoms with E-state index >= 15 is 0 Å². The number of anilines is 1. The zero-order valence-corrected chi connectivity index (χ0v) is 16.6. The Morgan fingerprint density at radius 1 is 1.29 bits per heavy atom. The first-order valence-electron chi connectivity index (χ1n) is 10.4. The van der Waals surface area contributed by atoms with Gasteiger partial charge in [-0.25, -0.2) is 4.98 Å². The molecule has 0 aromatic carbocycles. The van der Waals surface area contributed by atoms with Crippen LogP contribution in [0.3, 0.4) is 0 Å². The quantitative estimate of drug-likeness (QED) is 0.763. The highest BCUT2D eigenvalue weighted by molar-refractivity contribution is 5.80. The van der Waals surface area contributed by atoms with Crippen molar-refractivity contribution in [3.05, 3.63) is 54.5 Å². The number of carbonyl (C=O) groups excluding carboxylic acids is 1. The molecule has 1 saturated heterocycles. The first-order valence-corrected chi connectivity index (χ1v) is 10.4. The van der Waals surface area contributed by atoms with Crippen molar-refractivity contribution < 1.29 is 4.79 Å². The van der Waals surface area contributed by atoms with Crippen molar-refractivity contribution in [3.63, 3.8) is 0 Å². The molecule has 5 nitrogen and oxygen atoms in total. The summed E-state index contributed by atoms with van der Waals surface area (Å²) in [6, 6.07) is 8.45. The van der Waals surface area contributed by atoms with E-state index in [0.717, 1.165) is 56.0 Å². The number of amides is 1. The molecule has 5 rings (SSSR count). The number of likely N-dealkylation sites (tertiary alicyclic amines) is 1. The number of hydrogen-bond donors (Lipinski definition) is 0. The first kappa shape index (κ1) is 17.5. The molecule has 3 aliphatic rings. The third-order valence-electron chi connectivity index (χ3n) is 6.72. The van der Waals surface area contributed by atoms with Gasteiger partial charge >= 0.3 is 0 Å². The fraction of sp³-hybridized carbons (Fsp3) is 0.478. The predicted molar refractivity (Wildman–Crippen MR) is 111 cm³/mol. The van der Waals surface area contributed by atoms with E-state index in [-0.39, 0.29) is 11.5 Å². The Labute approximate surface area is 166 Å². The van der Waals surface area contributed by atoms with Crippen LogP contribution >= 0.6 is 0 Å². The van der Waals surface area contributed by atoms with Crippen molar-refractivity contribution in [1.29, 1.82) is 0 Å². The molecule has 0 bridgehead atoms. The maximum Gasteiger partial charge on any atom is 0.225 e. The summed E-state index contributed by atoms with van der Waals surface area (Å²) in [6.45, 7) is 8.60. The van der Waals surface area contributed by atoms with E-state index in [9.17, 15) is 4.79 Å². The molecule has 28 heavy (non-hydrogen) atoms. The van der Waals surface area contributed by atoms with Gasteiger partial charge in [-0.05, 0) is 50.5 Å². The Kier molecular flexibility index (Phi) is 4.07. The minimum absolute atomic E-state index is 0.216. The summed E-state index contributed by atoms with van der Waals surface area (Å²) in [5, 5.41) is 0. The lowest BCUT2D eigenvalue weighted by Gasteiger charge is -2.47. The van der Waals surface area contributed by atoms with Crippen LogP contribution in [0.4, 0.5) is 5.69 Å². The monoisotopic (exact) mass is 376 g/mol. The molecule has 1 aliphatic carbocycles. The van der Waals surface area contributed by atoms with Crippen LogP contribution in [0.2, 0.25) is 0 Å². The second-order valence-electron chi connectivity index (χ2n) is 8.68. The van der Waals surface area contributed by atoms with Gasteiger partial charge in [-0.3, -0.25) is 4.79 Å². The Balaban J connectivity index is 1.57. The number of pyridine rings is 1. The van der Waals surface area contributed by atoms with Crippen LogP contribution in [0.15, 0.2) is 48.8 Å². The molecule has 2 aromatic rings. The molecule has 2 aliphatic heterocycles. The largest absolute Gasteiger partial charge is 0.351 e. The number of fused-ring (bicyclic) bond motifs is 4. The number of aromatic nitrogens is 2. The van der Waals surface area contributed by atoms with Crippen LogP contribution in [-0.2, 0) is 10.3 Å². The zero-order valence-electron chi connectivity index (χ0n) is 16.6. The fourth-order valence-corrected chi connectivity index (χ4v) is 5.45. The smallest absolute Gasteiger partial charge is 0.225 e. The lowest BCUT2D eigenvalue weighted by Crippen LogP contribution is -2.53. The van der Waals surface area contributed by atoms with Gasteiger partial charge < -0.3 is 14.4 Å². The highest BCUT2D eigenvalue weighted by Gasteiger charge is 2.51. The number of nitrogens with zero attached hydrogens (tertiary/aromatic N) is 4. The molecule has 0 unspecified atom stereocenters. The second kappa shape index (κ2) is 6.50. The van der Waals surface area contributed by atoms with Gasteiger partial charge in [0.15, 0.2) is 5.82 Å². The second-order valence-corrected chi connectivity index (χ2v) is 8.68. The van der Waals surface area contributed by atoms with Crippen molar-refractivity contribution in [2.24, 2.45) is 5.92 Å². The van der Waals surface area contributed by atoms with Gasteiger partial charge in [0.1, 0.15) is 5.54 Å². The highest BCUT2D eigenvalue weighted by Crippen LogP contribution is 2.47. The van der Waals surface area contributed by atoms with Crippen molar-refractivity contribution >= 4 is 11.6 Å². The predicted octanol–water partition coefficient (Wildman–Crippen LogP) is 3.89. The van der Waals surface area contributed by atoms with Gasteiger partial charge in [-0.1, -0.05) is 25.0 Å². The lowest BCUT2D eigenvalue weighted by molar-refractivity contribution is -0.134. The molecule has 1 spiro atoms. The Morgan fingerprint density at radius 2 is 2.11 bits per heavy atom. The maximum atomic E-state index is 13.2. The summed E-state index contributed by atoms with van der Waals surface area (Å²) in [6.07, 6.45) is 9.39. The summed E-state index contributed by atoms with van der Waals surface area (Å²) in [4.78, 5) is 22.4. The summed E-state index contributed by atoms with van der Waals surface area (Å²) >= 11 is 0. The lowest BCUT2D eigenvalue weighted by atomic mass is 9.88. The normalized spacial score (nSPS) is 23.9. The average Bonchev–Trinajstić information content (AvgIpc) is 3.45. The van der Waals surface area contributed by atoms with Gasteiger partial charge in [-0.15, -0.1) is 0 Å². The van der Waals surface area contributed by atoms with Crippen molar-refractivity contribution in [2.45, 2.75) is 44.6 Å². The molecule has 2 fully saturated rings. The molecule has 1 amide bonds. The summed E-state index contributed by atoms with van der Waals surface area (Å²) in [5.41, 5.74) is 3.27. The zero-order chi connectivity index (χ0) is 19.3. The molecule has 1 saturated carbocycles. The molecule has 0 radical (unpaired) electrons.